The van der Waals surface area contributed by atoms with Crippen molar-refractivity contribution in [2.24, 2.45) is 0 Å². The van der Waals surface area contributed by atoms with Crippen molar-refractivity contribution in [2.45, 2.75) is 32.5 Å². The normalized spacial score (nSPS) is 14.5. The first-order valence-electron chi connectivity index (χ1n) is 4.34. The van der Waals surface area contributed by atoms with E-state index in [4.69, 9.17) is 4.74 Å². The molecule has 2 nitrogen and oxygen atoms in total. The number of alkyl halides is 3. The molecule has 0 spiro atoms. The Labute approximate surface area is 76.5 Å². The Bertz CT molecular complexity index is 127. The summed E-state index contributed by atoms with van der Waals surface area (Å²) in [6.07, 6.45) is -5.15. The summed E-state index contributed by atoms with van der Waals surface area (Å²) in [6, 6.07) is 0. The van der Waals surface area contributed by atoms with Gasteiger partial charge in [-0.2, -0.15) is 13.2 Å². The van der Waals surface area contributed by atoms with Crippen LogP contribution in [0.4, 0.5) is 13.2 Å². The van der Waals surface area contributed by atoms with Gasteiger partial charge in [0.05, 0.1) is 19.1 Å². The molecule has 80 valence electrons. The number of hydrogen-bond donors (Lipinski definition) is 1. The van der Waals surface area contributed by atoms with Gasteiger partial charge in [-0.15, -0.1) is 0 Å². The minimum atomic E-state index is -4.11. The number of rotatable bonds is 6. The Balaban J connectivity index is 3.31. The third-order valence-electron chi connectivity index (χ3n) is 1.47. The van der Waals surface area contributed by atoms with E-state index >= 15 is 0 Å². The number of likely N-dealkylation sites (N-methyl/N-ethyl adjacent to an activating group) is 1. The lowest BCUT2D eigenvalue weighted by Crippen LogP contribution is -2.27. The molecule has 0 aliphatic heterocycles. The molecule has 0 rings (SSSR count). The summed E-state index contributed by atoms with van der Waals surface area (Å²) in [7, 11) is 0. The Hall–Kier alpha value is -0.290. The minimum absolute atomic E-state index is 0.165. The van der Waals surface area contributed by atoms with Crippen molar-refractivity contribution >= 4 is 0 Å². The van der Waals surface area contributed by atoms with E-state index in [2.05, 4.69) is 5.32 Å². The van der Waals surface area contributed by atoms with Crippen molar-refractivity contribution in [1.29, 1.82) is 0 Å². The van der Waals surface area contributed by atoms with Crippen LogP contribution in [-0.2, 0) is 4.74 Å². The molecule has 1 atom stereocenters. The highest BCUT2D eigenvalue weighted by Crippen LogP contribution is 2.19. The van der Waals surface area contributed by atoms with Crippen LogP contribution in [-0.4, -0.2) is 32.0 Å². The first-order chi connectivity index (χ1) is 5.95. The molecule has 0 aliphatic carbocycles. The smallest absolute Gasteiger partial charge is 0.377 e. The zero-order chi connectivity index (χ0) is 10.3. The van der Waals surface area contributed by atoms with E-state index in [-0.39, 0.29) is 12.7 Å². The molecule has 5 heteroatoms. The van der Waals surface area contributed by atoms with Crippen LogP contribution < -0.4 is 5.32 Å². The molecule has 13 heavy (non-hydrogen) atoms. The fraction of sp³-hybridized carbons (Fsp3) is 1.00. The molecule has 0 heterocycles. The van der Waals surface area contributed by atoms with Crippen LogP contribution in [0.3, 0.4) is 0 Å². The maximum atomic E-state index is 11.7. The summed E-state index contributed by atoms with van der Waals surface area (Å²) in [6.45, 7) is 4.82. The van der Waals surface area contributed by atoms with E-state index in [9.17, 15) is 13.2 Å². The first kappa shape index (κ1) is 12.7. The summed E-state index contributed by atoms with van der Waals surface area (Å²) in [5.41, 5.74) is 0. The molecule has 0 saturated heterocycles. The van der Waals surface area contributed by atoms with Gasteiger partial charge >= 0.3 is 6.18 Å². The van der Waals surface area contributed by atoms with E-state index in [0.717, 1.165) is 6.54 Å². The van der Waals surface area contributed by atoms with Gasteiger partial charge in [-0.05, 0) is 13.5 Å². The lowest BCUT2D eigenvalue weighted by Gasteiger charge is -2.13. The zero-order valence-corrected chi connectivity index (χ0v) is 7.95. The van der Waals surface area contributed by atoms with Crippen molar-refractivity contribution in [2.75, 3.05) is 19.7 Å². The van der Waals surface area contributed by atoms with Crippen LogP contribution in [0.5, 0.6) is 0 Å². The van der Waals surface area contributed by atoms with Crippen LogP contribution in [0, 0.1) is 0 Å². The monoisotopic (exact) mass is 199 g/mol. The quantitative estimate of drug-likeness (QED) is 0.706. The number of halogens is 3. The summed E-state index contributed by atoms with van der Waals surface area (Å²) in [5, 5.41) is 2.99. The molecule has 0 aromatic heterocycles. The maximum Gasteiger partial charge on any atom is 0.391 e. The molecule has 0 aromatic carbocycles. The molecule has 0 amide bonds. The Morgan fingerprint density at radius 2 is 2.00 bits per heavy atom. The summed E-state index contributed by atoms with van der Waals surface area (Å²) in [4.78, 5) is 0. The number of nitrogens with one attached hydrogen (secondary N) is 1. The fourth-order valence-corrected chi connectivity index (χ4v) is 0.782. The maximum absolute atomic E-state index is 11.7. The SMILES string of the molecule is CCNCC(C)OCCC(F)(F)F. The van der Waals surface area contributed by atoms with Crippen molar-refractivity contribution < 1.29 is 17.9 Å². The van der Waals surface area contributed by atoms with E-state index in [1.165, 1.54) is 0 Å². The van der Waals surface area contributed by atoms with E-state index < -0.39 is 12.6 Å². The predicted octanol–water partition coefficient (Wildman–Crippen LogP) is 1.95. The third-order valence-corrected chi connectivity index (χ3v) is 1.47. The van der Waals surface area contributed by atoms with E-state index in [0.29, 0.717) is 6.54 Å². The summed E-state index contributed by atoms with van der Waals surface area (Å²) in [5.74, 6) is 0. The molecule has 0 aliphatic rings. The summed E-state index contributed by atoms with van der Waals surface area (Å²) < 4.78 is 39.9. The molecule has 0 bridgehead atoms. The van der Waals surface area contributed by atoms with Gasteiger partial charge in [-0.1, -0.05) is 6.92 Å². The van der Waals surface area contributed by atoms with Gasteiger partial charge in [0.15, 0.2) is 0 Å². The van der Waals surface area contributed by atoms with Crippen LogP contribution in [0.1, 0.15) is 20.3 Å². The first-order valence-corrected chi connectivity index (χ1v) is 4.34. The van der Waals surface area contributed by atoms with Crippen LogP contribution >= 0.6 is 0 Å². The molecule has 0 fully saturated rings. The number of ether oxygens (including phenoxy) is 1. The lowest BCUT2D eigenvalue weighted by atomic mass is 10.4. The predicted molar refractivity (Wildman–Crippen MR) is 44.6 cm³/mol. The Morgan fingerprint density at radius 3 is 2.46 bits per heavy atom. The highest BCUT2D eigenvalue weighted by molar-refractivity contribution is 4.55. The lowest BCUT2D eigenvalue weighted by molar-refractivity contribution is -0.148. The minimum Gasteiger partial charge on any atom is -0.377 e. The van der Waals surface area contributed by atoms with Gasteiger partial charge < -0.3 is 10.1 Å². The largest absolute Gasteiger partial charge is 0.391 e. The van der Waals surface area contributed by atoms with Gasteiger partial charge in [0.1, 0.15) is 0 Å². The van der Waals surface area contributed by atoms with Crippen LogP contribution in [0.15, 0.2) is 0 Å². The van der Waals surface area contributed by atoms with Gasteiger partial charge in [0.25, 0.3) is 0 Å². The second kappa shape index (κ2) is 6.21. The van der Waals surface area contributed by atoms with Crippen molar-refractivity contribution in [3.8, 4) is 0 Å². The third kappa shape index (κ3) is 9.63. The zero-order valence-electron chi connectivity index (χ0n) is 7.95. The molecule has 1 N–H and O–H groups in total. The second-order valence-electron chi connectivity index (χ2n) is 2.85. The van der Waals surface area contributed by atoms with Crippen molar-refractivity contribution in [3.05, 3.63) is 0 Å². The van der Waals surface area contributed by atoms with E-state index in [1.54, 1.807) is 6.92 Å². The topological polar surface area (TPSA) is 21.3 Å². The van der Waals surface area contributed by atoms with E-state index in [1.807, 2.05) is 6.92 Å². The van der Waals surface area contributed by atoms with Crippen LogP contribution in [0.2, 0.25) is 0 Å². The summed E-state index contributed by atoms with van der Waals surface area (Å²) >= 11 is 0. The highest BCUT2D eigenvalue weighted by Gasteiger charge is 2.26. The Kier molecular flexibility index (Phi) is 6.07. The van der Waals surface area contributed by atoms with Gasteiger partial charge in [0, 0.05) is 6.54 Å². The van der Waals surface area contributed by atoms with Gasteiger partial charge in [-0.25, -0.2) is 0 Å². The van der Waals surface area contributed by atoms with Crippen molar-refractivity contribution in [3.63, 3.8) is 0 Å². The average molecular weight is 199 g/mol. The van der Waals surface area contributed by atoms with Crippen molar-refractivity contribution in [1.82, 2.24) is 5.32 Å². The number of hydrogen-bond acceptors (Lipinski definition) is 2. The fourth-order valence-electron chi connectivity index (χ4n) is 0.782. The highest BCUT2D eigenvalue weighted by atomic mass is 19.4. The Morgan fingerprint density at radius 1 is 1.38 bits per heavy atom. The molecule has 0 aromatic rings. The standard InChI is InChI=1S/C8H16F3NO/c1-3-12-6-7(2)13-5-4-8(9,10)11/h7,12H,3-6H2,1-2H3. The van der Waals surface area contributed by atoms with Crippen LogP contribution in [0.25, 0.3) is 0 Å². The second-order valence-corrected chi connectivity index (χ2v) is 2.85. The molecular formula is C8H16F3NO. The molecule has 0 radical (unpaired) electrons. The molecule has 1 unspecified atom stereocenters. The molecular weight excluding hydrogens is 183 g/mol. The van der Waals surface area contributed by atoms with Gasteiger partial charge in [0.2, 0.25) is 0 Å². The average Bonchev–Trinajstić information content (AvgIpc) is 1.98. The molecule has 0 saturated carbocycles. The van der Waals surface area contributed by atoms with Gasteiger partial charge in [-0.3, -0.25) is 0 Å².